The molecule has 0 aromatic carbocycles. The molecule has 3 unspecified atom stereocenters. The van der Waals surface area contributed by atoms with Crippen LogP contribution >= 0.6 is 15.9 Å². The fourth-order valence-corrected chi connectivity index (χ4v) is 1.94. The predicted molar refractivity (Wildman–Crippen MR) is 58.0 cm³/mol. The summed E-state index contributed by atoms with van der Waals surface area (Å²) in [6.07, 6.45) is 2.93. The maximum absolute atomic E-state index is 12.7. The van der Waals surface area contributed by atoms with E-state index < -0.39 is 6.17 Å². The third kappa shape index (κ3) is 2.32. The third-order valence-electron chi connectivity index (χ3n) is 2.75. The molecule has 3 atom stereocenters. The second kappa shape index (κ2) is 3.97. The van der Waals surface area contributed by atoms with Gasteiger partial charge in [0.2, 0.25) is 0 Å². The Bertz CT molecular complexity index is 312. The van der Waals surface area contributed by atoms with Crippen LogP contribution in [0, 0.1) is 5.92 Å². The molecule has 0 amide bonds. The SMILES string of the molecule is CC(CC1CC1F)c1ccc(Br)cn1. The van der Waals surface area contributed by atoms with E-state index in [9.17, 15) is 4.39 Å². The van der Waals surface area contributed by atoms with Crippen molar-refractivity contribution in [2.24, 2.45) is 5.92 Å². The number of hydrogen-bond donors (Lipinski definition) is 0. The minimum absolute atomic E-state index is 0.287. The standard InChI is InChI=1S/C11H13BrFN/c1-7(4-8-5-10(8)13)11-3-2-9(12)6-14-11/h2-3,6-8,10H,4-5H2,1H3. The van der Waals surface area contributed by atoms with Gasteiger partial charge >= 0.3 is 0 Å². The summed E-state index contributed by atoms with van der Waals surface area (Å²) < 4.78 is 13.7. The zero-order valence-electron chi connectivity index (χ0n) is 8.08. The average Bonchev–Trinajstić information content (AvgIpc) is 2.82. The highest BCUT2D eigenvalue weighted by molar-refractivity contribution is 9.10. The van der Waals surface area contributed by atoms with Gasteiger partial charge in [-0.05, 0) is 52.7 Å². The summed E-state index contributed by atoms with van der Waals surface area (Å²) in [4.78, 5) is 4.31. The lowest BCUT2D eigenvalue weighted by Crippen LogP contribution is -1.98. The van der Waals surface area contributed by atoms with Crippen molar-refractivity contribution in [2.45, 2.75) is 31.9 Å². The summed E-state index contributed by atoms with van der Waals surface area (Å²) >= 11 is 3.34. The van der Waals surface area contributed by atoms with Gasteiger partial charge in [-0.15, -0.1) is 0 Å². The highest BCUT2D eigenvalue weighted by Crippen LogP contribution is 2.41. The second-order valence-electron chi connectivity index (χ2n) is 4.05. The Morgan fingerprint density at radius 3 is 2.86 bits per heavy atom. The van der Waals surface area contributed by atoms with Crippen molar-refractivity contribution in [3.8, 4) is 0 Å². The van der Waals surface area contributed by atoms with Gasteiger partial charge in [-0.3, -0.25) is 4.98 Å². The minimum Gasteiger partial charge on any atom is -0.260 e. The molecule has 3 heteroatoms. The quantitative estimate of drug-likeness (QED) is 0.805. The first kappa shape index (κ1) is 10.1. The van der Waals surface area contributed by atoms with Gasteiger partial charge in [0.1, 0.15) is 6.17 Å². The molecule has 0 aliphatic heterocycles. The Morgan fingerprint density at radius 2 is 2.36 bits per heavy atom. The van der Waals surface area contributed by atoms with E-state index in [1.54, 1.807) is 6.20 Å². The Hall–Kier alpha value is -0.440. The molecule has 76 valence electrons. The first-order chi connectivity index (χ1) is 6.66. The molecule has 1 fully saturated rings. The van der Waals surface area contributed by atoms with Gasteiger partial charge in [0, 0.05) is 16.4 Å². The second-order valence-corrected chi connectivity index (χ2v) is 4.97. The molecule has 1 nitrogen and oxygen atoms in total. The van der Waals surface area contributed by atoms with Crippen LogP contribution in [0.25, 0.3) is 0 Å². The lowest BCUT2D eigenvalue weighted by Gasteiger charge is -2.09. The van der Waals surface area contributed by atoms with E-state index in [2.05, 4.69) is 27.8 Å². The number of hydrogen-bond acceptors (Lipinski definition) is 1. The van der Waals surface area contributed by atoms with Crippen molar-refractivity contribution in [3.05, 3.63) is 28.5 Å². The zero-order valence-corrected chi connectivity index (χ0v) is 9.67. The van der Waals surface area contributed by atoms with Crippen LogP contribution in [0.3, 0.4) is 0 Å². The summed E-state index contributed by atoms with van der Waals surface area (Å²) in [7, 11) is 0. The van der Waals surface area contributed by atoms with Crippen LogP contribution < -0.4 is 0 Å². The minimum atomic E-state index is -0.548. The van der Waals surface area contributed by atoms with Gasteiger partial charge in [-0.1, -0.05) is 6.92 Å². The molecule has 1 aromatic heterocycles. The van der Waals surface area contributed by atoms with Crippen molar-refractivity contribution < 1.29 is 4.39 Å². The smallest absolute Gasteiger partial charge is 0.103 e. The Balaban J connectivity index is 1.96. The first-order valence-corrected chi connectivity index (χ1v) is 5.71. The van der Waals surface area contributed by atoms with E-state index in [4.69, 9.17) is 0 Å². The molecule has 1 aliphatic carbocycles. The summed E-state index contributed by atoms with van der Waals surface area (Å²) in [5.74, 6) is 0.657. The Morgan fingerprint density at radius 1 is 1.64 bits per heavy atom. The van der Waals surface area contributed by atoms with Gasteiger partial charge in [-0.25, -0.2) is 4.39 Å². The molecule has 0 saturated heterocycles. The molecule has 2 rings (SSSR count). The molecule has 1 aliphatic rings. The number of rotatable bonds is 3. The monoisotopic (exact) mass is 257 g/mol. The van der Waals surface area contributed by atoms with Crippen molar-refractivity contribution in [1.82, 2.24) is 4.98 Å². The van der Waals surface area contributed by atoms with E-state index in [1.807, 2.05) is 12.1 Å². The van der Waals surface area contributed by atoms with Crippen molar-refractivity contribution in [2.75, 3.05) is 0 Å². The summed E-state index contributed by atoms with van der Waals surface area (Å²) in [6, 6.07) is 3.99. The molecule has 1 heterocycles. The van der Waals surface area contributed by atoms with Gasteiger partial charge in [0.25, 0.3) is 0 Å². The summed E-state index contributed by atoms with van der Waals surface area (Å²) in [5, 5.41) is 0. The van der Waals surface area contributed by atoms with E-state index >= 15 is 0 Å². The Labute approximate surface area is 91.9 Å². The van der Waals surface area contributed by atoms with E-state index in [-0.39, 0.29) is 5.92 Å². The molecule has 0 radical (unpaired) electrons. The van der Waals surface area contributed by atoms with E-state index in [1.165, 1.54) is 0 Å². The normalized spacial score (nSPS) is 27.4. The van der Waals surface area contributed by atoms with Crippen molar-refractivity contribution in [3.63, 3.8) is 0 Å². The van der Waals surface area contributed by atoms with E-state index in [0.717, 1.165) is 23.0 Å². The molecule has 0 bridgehead atoms. The lowest BCUT2D eigenvalue weighted by molar-refractivity contribution is 0.426. The predicted octanol–water partition coefficient (Wildman–Crippen LogP) is 3.70. The van der Waals surface area contributed by atoms with Crippen LogP contribution in [0.15, 0.2) is 22.8 Å². The molecular weight excluding hydrogens is 245 g/mol. The number of pyridine rings is 1. The molecule has 0 N–H and O–H groups in total. The zero-order chi connectivity index (χ0) is 10.1. The van der Waals surface area contributed by atoms with Crippen LogP contribution in [0.5, 0.6) is 0 Å². The van der Waals surface area contributed by atoms with Gasteiger partial charge in [0.15, 0.2) is 0 Å². The summed E-state index contributed by atoms with van der Waals surface area (Å²) in [6.45, 7) is 2.11. The van der Waals surface area contributed by atoms with Crippen LogP contribution in [0.1, 0.15) is 31.4 Å². The maximum atomic E-state index is 12.7. The lowest BCUT2D eigenvalue weighted by atomic mass is 10.0. The number of aromatic nitrogens is 1. The molecular formula is C11H13BrFN. The highest BCUT2D eigenvalue weighted by Gasteiger charge is 2.38. The molecule has 1 aromatic rings. The molecule has 0 spiro atoms. The fourth-order valence-electron chi connectivity index (χ4n) is 1.71. The third-order valence-corrected chi connectivity index (χ3v) is 3.22. The summed E-state index contributed by atoms with van der Waals surface area (Å²) in [5.41, 5.74) is 1.06. The van der Waals surface area contributed by atoms with Crippen molar-refractivity contribution >= 4 is 15.9 Å². The van der Waals surface area contributed by atoms with Crippen molar-refractivity contribution in [1.29, 1.82) is 0 Å². The number of halogens is 2. The van der Waals surface area contributed by atoms with Crippen LogP contribution in [0.4, 0.5) is 4.39 Å². The van der Waals surface area contributed by atoms with Gasteiger partial charge in [0.05, 0.1) is 0 Å². The Kier molecular flexibility index (Phi) is 2.86. The largest absolute Gasteiger partial charge is 0.260 e. The number of nitrogens with zero attached hydrogens (tertiary/aromatic N) is 1. The van der Waals surface area contributed by atoms with Crippen LogP contribution in [-0.2, 0) is 0 Å². The molecule has 14 heavy (non-hydrogen) atoms. The van der Waals surface area contributed by atoms with Gasteiger partial charge in [-0.2, -0.15) is 0 Å². The topological polar surface area (TPSA) is 12.9 Å². The first-order valence-electron chi connectivity index (χ1n) is 4.92. The van der Waals surface area contributed by atoms with E-state index in [0.29, 0.717) is 5.92 Å². The van der Waals surface area contributed by atoms with Crippen LogP contribution in [0.2, 0.25) is 0 Å². The van der Waals surface area contributed by atoms with Gasteiger partial charge < -0.3 is 0 Å². The fraction of sp³-hybridized carbons (Fsp3) is 0.545. The number of alkyl halides is 1. The maximum Gasteiger partial charge on any atom is 0.103 e. The average molecular weight is 258 g/mol. The van der Waals surface area contributed by atoms with Crippen LogP contribution in [-0.4, -0.2) is 11.2 Å². The highest BCUT2D eigenvalue weighted by atomic mass is 79.9. The molecule has 1 saturated carbocycles.